The average molecular weight is 518 g/mol. The smallest absolute Gasteiger partial charge is 0.185 e. The van der Waals surface area contributed by atoms with Crippen molar-refractivity contribution in [2.45, 2.75) is 6.61 Å². The summed E-state index contributed by atoms with van der Waals surface area (Å²) in [6, 6.07) is 16.1. The van der Waals surface area contributed by atoms with E-state index in [1.54, 1.807) is 50.6 Å². The van der Waals surface area contributed by atoms with E-state index in [-0.39, 0.29) is 12.4 Å². The summed E-state index contributed by atoms with van der Waals surface area (Å²) in [6.45, 7) is 0.260. The molecule has 166 valence electrons. The predicted octanol–water partition coefficient (Wildman–Crippen LogP) is 6.60. The summed E-state index contributed by atoms with van der Waals surface area (Å²) >= 11 is 9.61. The third-order valence-corrected chi connectivity index (χ3v) is 5.47. The zero-order valence-corrected chi connectivity index (χ0v) is 20.2. The second-order valence-corrected chi connectivity index (χ2v) is 8.02. The monoisotopic (exact) mass is 516 g/mol. The van der Waals surface area contributed by atoms with Crippen LogP contribution in [-0.4, -0.2) is 27.1 Å². The van der Waals surface area contributed by atoms with Crippen LogP contribution in [-0.2, 0) is 6.61 Å². The van der Waals surface area contributed by atoms with Gasteiger partial charge in [-0.05, 0) is 60.2 Å². The Morgan fingerprint density at radius 3 is 2.25 bits per heavy atom. The van der Waals surface area contributed by atoms with E-state index in [0.29, 0.717) is 33.6 Å². The quantitative estimate of drug-likeness (QED) is 0.236. The molecule has 3 aromatic rings. The molecule has 0 N–H and O–H groups in total. The molecule has 32 heavy (non-hydrogen) atoms. The number of hydrogen-bond donors (Lipinski definition) is 0. The maximum Gasteiger partial charge on any atom is 0.185 e. The summed E-state index contributed by atoms with van der Waals surface area (Å²) in [5.41, 5.74) is 2.16. The lowest BCUT2D eigenvalue weighted by atomic mass is 10.1. The standard InChI is InChI=1S/C25H22BrClO5/c1-29-22-9-5-16(12-18(22)15-32-23-11-7-19(26)14-20(23)27)4-8-21(28)17-6-10-24(30-2)25(13-17)31-3/h4-14H,15H2,1-3H3/b8-4+. The molecule has 0 fully saturated rings. The van der Waals surface area contributed by atoms with Crippen LogP contribution in [0.3, 0.4) is 0 Å². The van der Waals surface area contributed by atoms with Gasteiger partial charge >= 0.3 is 0 Å². The Kier molecular flexibility index (Phi) is 8.20. The molecule has 0 atom stereocenters. The maximum atomic E-state index is 12.6. The van der Waals surface area contributed by atoms with Crippen LogP contribution in [0.5, 0.6) is 23.0 Å². The molecule has 0 unspecified atom stereocenters. The molecular weight excluding hydrogens is 496 g/mol. The van der Waals surface area contributed by atoms with Crippen molar-refractivity contribution in [3.63, 3.8) is 0 Å². The van der Waals surface area contributed by atoms with Crippen molar-refractivity contribution in [3.8, 4) is 23.0 Å². The number of carbonyl (C=O) groups is 1. The fraction of sp³-hybridized carbons (Fsp3) is 0.160. The zero-order valence-electron chi connectivity index (χ0n) is 17.9. The van der Waals surface area contributed by atoms with Crippen molar-refractivity contribution in [2.24, 2.45) is 0 Å². The average Bonchev–Trinajstić information content (AvgIpc) is 2.81. The molecule has 0 bridgehead atoms. The van der Waals surface area contributed by atoms with Crippen molar-refractivity contribution in [2.75, 3.05) is 21.3 Å². The van der Waals surface area contributed by atoms with E-state index in [1.165, 1.54) is 13.2 Å². The van der Waals surface area contributed by atoms with E-state index in [0.717, 1.165) is 15.6 Å². The van der Waals surface area contributed by atoms with E-state index in [9.17, 15) is 4.79 Å². The van der Waals surface area contributed by atoms with Crippen LogP contribution in [0.4, 0.5) is 0 Å². The highest BCUT2D eigenvalue weighted by molar-refractivity contribution is 9.10. The van der Waals surface area contributed by atoms with Gasteiger partial charge in [0.05, 0.1) is 26.4 Å². The second-order valence-electron chi connectivity index (χ2n) is 6.70. The van der Waals surface area contributed by atoms with Gasteiger partial charge in [0.2, 0.25) is 0 Å². The third kappa shape index (κ3) is 5.84. The van der Waals surface area contributed by atoms with Gasteiger partial charge in [-0.2, -0.15) is 0 Å². The molecule has 0 aliphatic rings. The summed E-state index contributed by atoms with van der Waals surface area (Å²) in [5, 5.41) is 0.509. The minimum Gasteiger partial charge on any atom is -0.496 e. The van der Waals surface area contributed by atoms with Crippen LogP contribution in [0, 0.1) is 0 Å². The van der Waals surface area contributed by atoms with Crippen LogP contribution >= 0.6 is 27.5 Å². The number of benzene rings is 3. The largest absolute Gasteiger partial charge is 0.496 e. The normalized spacial score (nSPS) is 10.8. The lowest BCUT2D eigenvalue weighted by molar-refractivity contribution is 0.104. The molecular formula is C25H22BrClO5. The Balaban J connectivity index is 1.77. The zero-order chi connectivity index (χ0) is 23.1. The van der Waals surface area contributed by atoms with Crippen molar-refractivity contribution >= 4 is 39.4 Å². The predicted molar refractivity (Wildman–Crippen MR) is 129 cm³/mol. The first-order valence-corrected chi connectivity index (χ1v) is 10.8. The molecule has 0 spiro atoms. The Hall–Kier alpha value is -2.96. The first kappa shape index (κ1) is 23.7. The highest BCUT2D eigenvalue weighted by Crippen LogP contribution is 2.30. The van der Waals surface area contributed by atoms with Crippen molar-refractivity contribution in [1.82, 2.24) is 0 Å². The van der Waals surface area contributed by atoms with Gasteiger partial charge in [-0.3, -0.25) is 4.79 Å². The van der Waals surface area contributed by atoms with Gasteiger partial charge in [0.15, 0.2) is 17.3 Å². The van der Waals surface area contributed by atoms with E-state index < -0.39 is 0 Å². The van der Waals surface area contributed by atoms with Crippen LogP contribution in [0.2, 0.25) is 5.02 Å². The number of methoxy groups -OCH3 is 3. The number of hydrogen-bond acceptors (Lipinski definition) is 5. The molecule has 0 aliphatic heterocycles. The van der Waals surface area contributed by atoms with Gasteiger partial charge < -0.3 is 18.9 Å². The Labute approximate surface area is 200 Å². The van der Waals surface area contributed by atoms with Crippen molar-refractivity contribution in [3.05, 3.63) is 86.9 Å². The molecule has 0 saturated heterocycles. The van der Waals surface area contributed by atoms with Gasteiger partial charge in [-0.1, -0.05) is 39.7 Å². The Morgan fingerprint density at radius 2 is 1.56 bits per heavy atom. The Morgan fingerprint density at radius 1 is 0.875 bits per heavy atom. The summed E-state index contributed by atoms with van der Waals surface area (Å²) in [6.07, 6.45) is 3.26. The van der Waals surface area contributed by atoms with Gasteiger partial charge in [-0.25, -0.2) is 0 Å². The molecule has 0 heterocycles. The van der Waals surface area contributed by atoms with E-state index in [4.69, 9.17) is 30.5 Å². The number of ether oxygens (including phenoxy) is 4. The number of halogens is 2. The summed E-state index contributed by atoms with van der Waals surface area (Å²) in [5.74, 6) is 2.17. The number of carbonyl (C=O) groups excluding carboxylic acids is 1. The molecule has 3 rings (SSSR count). The minimum absolute atomic E-state index is 0.152. The van der Waals surface area contributed by atoms with Crippen LogP contribution in [0.15, 0.2) is 65.1 Å². The Bertz CT molecular complexity index is 1140. The van der Waals surface area contributed by atoms with E-state index in [2.05, 4.69) is 15.9 Å². The number of rotatable bonds is 9. The van der Waals surface area contributed by atoms with Crippen LogP contribution < -0.4 is 18.9 Å². The number of ketones is 1. The first-order chi connectivity index (χ1) is 15.4. The maximum absolute atomic E-state index is 12.6. The van der Waals surface area contributed by atoms with Gasteiger partial charge in [0, 0.05) is 15.6 Å². The highest BCUT2D eigenvalue weighted by atomic mass is 79.9. The minimum atomic E-state index is -0.152. The lowest BCUT2D eigenvalue weighted by Crippen LogP contribution is -2.00. The molecule has 0 aromatic heterocycles. The van der Waals surface area contributed by atoms with E-state index >= 15 is 0 Å². The molecule has 0 amide bonds. The third-order valence-electron chi connectivity index (χ3n) is 4.68. The number of allylic oxidation sites excluding steroid dienone is 1. The first-order valence-electron chi connectivity index (χ1n) is 9.64. The molecule has 0 saturated carbocycles. The van der Waals surface area contributed by atoms with Gasteiger partial charge in [0.25, 0.3) is 0 Å². The SMILES string of the molecule is COc1ccc(/C=C/C(=O)c2ccc(OC)c(OC)c2)cc1COc1ccc(Br)cc1Cl. The topological polar surface area (TPSA) is 54.0 Å². The fourth-order valence-corrected chi connectivity index (χ4v) is 3.75. The van der Waals surface area contributed by atoms with Crippen molar-refractivity contribution in [1.29, 1.82) is 0 Å². The lowest BCUT2D eigenvalue weighted by Gasteiger charge is -2.12. The molecule has 0 radical (unpaired) electrons. The fourth-order valence-electron chi connectivity index (χ4n) is 3.02. The van der Waals surface area contributed by atoms with Crippen molar-refractivity contribution < 1.29 is 23.7 Å². The van der Waals surface area contributed by atoms with Crippen LogP contribution in [0.1, 0.15) is 21.5 Å². The summed E-state index contributed by atoms with van der Waals surface area (Å²) < 4.78 is 22.7. The molecule has 0 aliphatic carbocycles. The van der Waals surface area contributed by atoms with E-state index in [1.807, 2.05) is 24.3 Å². The van der Waals surface area contributed by atoms with Gasteiger partial charge in [-0.15, -0.1) is 0 Å². The molecule has 5 nitrogen and oxygen atoms in total. The van der Waals surface area contributed by atoms with Gasteiger partial charge in [0.1, 0.15) is 18.1 Å². The van der Waals surface area contributed by atoms with Crippen LogP contribution in [0.25, 0.3) is 6.08 Å². The molecule has 7 heteroatoms. The highest BCUT2D eigenvalue weighted by Gasteiger charge is 2.10. The summed E-state index contributed by atoms with van der Waals surface area (Å²) in [4.78, 5) is 12.6. The molecule has 3 aromatic carbocycles. The summed E-state index contributed by atoms with van der Waals surface area (Å²) in [7, 11) is 4.68. The second kappa shape index (κ2) is 11.1.